The highest BCUT2D eigenvalue weighted by atomic mass is 35.5. The summed E-state index contributed by atoms with van der Waals surface area (Å²) in [7, 11) is 0. The molecule has 1 saturated heterocycles. The minimum absolute atomic E-state index is 0.190. The average molecular weight is 401 g/mol. The number of nitrogens with one attached hydrogen (secondary N) is 2. The Balaban J connectivity index is 1.86. The van der Waals surface area contributed by atoms with Crippen LogP contribution in [0.1, 0.15) is 42.6 Å². The Hall–Kier alpha value is -2.11. The molecule has 1 aromatic heterocycles. The van der Waals surface area contributed by atoms with E-state index in [0.29, 0.717) is 22.3 Å². The number of amides is 1. The van der Waals surface area contributed by atoms with Crippen molar-refractivity contribution in [3.05, 3.63) is 52.7 Å². The number of nitrogens with zero attached hydrogens (tertiary/aromatic N) is 2. The van der Waals surface area contributed by atoms with Gasteiger partial charge in [-0.3, -0.25) is 4.79 Å². The van der Waals surface area contributed by atoms with Crippen molar-refractivity contribution in [1.82, 2.24) is 10.3 Å². The number of halogens is 1. The summed E-state index contributed by atoms with van der Waals surface area (Å²) in [4.78, 5) is 19.7. The first-order chi connectivity index (χ1) is 13.4. The molecule has 3 rings (SSSR count). The summed E-state index contributed by atoms with van der Waals surface area (Å²) < 4.78 is 0. The predicted molar refractivity (Wildman–Crippen MR) is 116 cm³/mol. The lowest BCUT2D eigenvalue weighted by atomic mass is 9.96. The van der Waals surface area contributed by atoms with Gasteiger partial charge < -0.3 is 15.5 Å². The molecule has 0 aliphatic carbocycles. The average Bonchev–Trinajstić information content (AvgIpc) is 2.68. The Bertz CT molecular complexity index is 801. The molecule has 1 amide bonds. The van der Waals surface area contributed by atoms with Crippen molar-refractivity contribution in [2.75, 3.05) is 29.9 Å². The Morgan fingerprint density at radius 1 is 1.29 bits per heavy atom. The second-order valence-electron chi connectivity index (χ2n) is 7.78. The highest BCUT2D eigenvalue weighted by Gasteiger charge is 2.23. The van der Waals surface area contributed by atoms with E-state index in [-0.39, 0.29) is 11.9 Å². The standard InChI is InChI=1S/C22H29ClN4O/c1-15(2)27(14-17-8-10-24-11-9-17)20-6-5-18(23)12-19(20)22(28)26-21-7-4-16(3)13-25-21/h4-7,12-13,15,17,24H,8-11,14H2,1-3H3,(H,25,26,28). The number of rotatable bonds is 6. The maximum absolute atomic E-state index is 13.0. The topological polar surface area (TPSA) is 57.3 Å². The maximum atomic E-state index is 13.0. The summed E-state index contributed by atoms with van der Waals surface area (Å²) in [5.74, 6) is 0.967. The van der Waals surface area contributed by atoms with Crippen LogP contribution in [0.15, 0.2) is 36.5 Å². The molecular weight excluding hydrogens is 372 g/mol. The molecule has 0 atom stereocenters. The lowest BCUT2D eigenvalue weighted by molar-refractivity contribution is 0.102. The SMILES string of the molecule is Cc1ccc(NC(=O)c2cc(Cl)ccc2N(CC2CCNCC2)C(C)C)nc1. The van der Waals surface area contributed by atoms with Gasteiger partial charge in [-0.1, -0.05) is 17.7 Å². The van der Waals surface area contributed by atoms with Crippen molar-refractivity contribution < 1.29 is 4.79 Å². The van der Waals surface area contributed by atoms with Crippen molar-refractivity contribution in [2.45, 2.75) is 39.7 Å². The van der Waals surface area contributed by atoms with Crippen LogP contribution in [0.3, 0.4) is 0 Å². The number of benzene rings is 1. The quantitative estimate of drug-likeness (QED) is 0.749. The van der Waals surface area contributed by atoms with E-state index in [2.05, 4.69) is 34.4 Å². The van der Waals surface area contributed by atoms with E-state index in [0.717, 1.165) is 43.7 Å². The highest BCUT2D eigenvalue weighted by Crippen LogP contribution is 2.29. The number of hydrogen-bond donors (Lipinski definition) is 2. The van der Waals surface area contributed by atoms with Crippen LogP contribution in [-0.4, -0.2) is 36.6 Å². The van der Waals surface area contributed by atoms with Gasteiger partial charge in [-0.2, -0.15) is 0 Å². The zero-order chi connectivity index (χ0) is 20.1. The number of anilines is 2. The van der Waals surface area contributed by atoms with Crippen LogP contribution in [0.2, 0.25) is 5.02 Å². The first kappa shape index (κ1) is 20.6. The zero-order valence-corrected chi connectivity index (χ0v) is 17.6. The number of pyridine rings is 1. The van der Waals surface area contributed by atoms with Gasteiger partial charge in [-0.25, -0.2) is 4.98 Å². The van der Waals surface area contributed by atoms with Crippen molar-refractivity contribution in [2.24, 2.45) is 5.92 Å². The van der Waals surface area contributed by atoms with Crippen LogP contribution < -0.4 is 15.5 Å². The van der Waals surface area contributed by atoms with E-state index in [1.54, 1.807) is 12.3 Å². The second-order valence-corrected chi connectivity index (χ2v) is 8.21. The van der Waals surface area contributed by atoms with E-state index < -0.39 is 0 Å². The normalized spacial score (nSPS) is 14.9. The van der Waals surface area contributed by atoms with E-state index in [1.807, 2.05) is 31.2 Å². The molecular formula is C22H29ClN4O. The number of hydrogen-bond acceptors (Lipinski definition) is 4. The molecule has 1 aliphatic rings. The van der Waals surface area contributed by atoms with Gasteiger partial charge in [-0.05, 0) is 82.4 Å². The molecule has 0 unspecified atom stereocenters. The van der Waals surface area contributed by atoms with Gasteiger partial charge in [0.2, 0.25) is 0 Å². The van der Waals surface area contributed by atoms with Crippen LogP contribution in [0, 0.1) is 12.8 Å². The predicted octanol–water partition coefficient (Wildman–Crippen LogP) is 4.51. The van der Waals surface area contributed by atoms with Crippen LogP contribution in [0.25, 0.3) is 0 Å². The van der Waals surface area contributed by atoms with Crippen LogP contribution >= 0.6 is 11.6 Å². The molecule has 28 heavy (non-hydrogen) atoms. The highest BCUT2D eigenvalue weighted by molar-refractivity contribution is 6.31. The zero-order valence-electron chi connectivity index (χ0n) is 16.8. The molecule has 6 heteroatoms. The molecule has 5 nitrogen and oxygen atoms in total. The fourth-order valence-corrected chi connectivity index (χ4v) is 3.77. The maximum Gasteiger partial charge on any atom is 0.258 e. The van der Waals surface area contributed by atoms with E-state index in [4.69, 9.17) is 11.6 Å². The van der Waals surface area contributed by atoms with Gasteiger partial charge in [0.1, 0.15) is 5.82 Å². The van der Waals surface area contributed by atoms with Gasteiger partial charge in [0.15, 0.2) is 0 Å². The summed E-state index contributed by atoms with van der Waals surface area (Å²) in [6, 6.07) is 9.58. The summed E-state index contributed by atoms with van der Waals surface area (Å²) >= 11 is 6.24. The van der Waals surface area contributed by atoms with Crippen molar-refractivity contribution in [3.8, 4) is 0 Å². The molecule has 0 radical (unpaired) electrons. The molecule has 1 aromatic carbocycles. The van der Waals surface area contributed by atoms with Gasteiger partial charge in [-0.15, -0.1) is 0 Å². The van der Waals surface area contributed by atoms with Crippen molar-refractivity contribution in [1.29, 1.82) is 0 Å². The summed E-state index contributed by atoms with van der Waals surface area (Å²) in [6.45, 7) is 9.35. The fourth-order valence-electron chi connectivity index (χ4n) is 3.60. The van der Waals surface area contributed by atoms with Gasteiger partial charge in [0, 0.05) is 29.5 Å². The van der Waals surface area contributed by atoms with Crippen LogP contribution in [0.4, 0.5) is 11.5 Å². The van der Waals surface area contributed by atoms with Gasteiger partial charge >= 0.3 is 0 Å². The summed E-state index contributed by atoms with van der Waals surface area (Å²) in [6.07, 6.45) is 4.06. The van der Waals surface area contributed by atoms with E-state index >= 15 is 0 Å². The number of aromatic nitrogens is 1. The lowest BCUT2D eigenvalue weighted by Crippen LogP contribution is -2.40. The molecule has 0 spiro atoms. The summed E-state index contributed by atoms with van der Waals surface area (Å²) in [5, 5.41) is 6.88. The second kappa shape index (κ2) is 9.39. The number of carbonyl (C=O) groups excluding carboxylic acids is 1. The monoisotopic (exact) mass is 400 g/mol. The Morgan fingerprint density at radius 3 is 2.68 bits per heavy atom. The molecule has 150 valence electrons. The Morgan fingerprint density at radius 2 is 2.04 bits per heavy atom. The lowest BCUT2D eigenvalue weighted by Gasteiger charge is -2.35. The van der Waals surface area contributed by atoms with E-state index in [9.17, 15) is 4.79 Å². The Kier molecular flexibility index (Phi) is 6.92. The first-order valence-electron chi connectivity index (χ1n) is 9.95. The molecule has 1 fully saturated rings. The molecule has 1 aliphatic heterocycles. The third kappa shape index (κ3) is 5.24. The largest absolute Gasteiger partial charge is 0.368 e. The molecule has 2 heterocycles. The van der Waals surface area contributed by atoms with Gasteiger partial charge in [0.05, 0.1) is 5.56 Å². The van der Waals surface area contributed by atoms with Crippen LogP contribution in [-0.2, 0) is 0 Å². The summed E-state index contributed by atoms with van der Waals surface area (Å²) in [5.41, 5.74) is 2.55. The first-order valence-corrected chi connectivity index (χ1v) is 10.3. The van der Waals surface area contributed by atoms with Gasteiger partial charge in [0.25, 0.3) is 5.91 Å². The minimum Gasteiger partial charge on any atom is -0.368 e. The fraction of sp³-hybridized carbons (Fsp3) is 0.455. The van der Waals surface area contributed by atoms with Crippen molar-refractivity contribution >= 4 is 29.0 Å². The van der Waals surface area contributed by atoms with Crippen molar-refractivity contribution in [3.63, 3.8) is 0 Å². The number of carbonyl (C=O) groups is 1. The number of aryl methyl sites for hydroxylation is 1. The number of piperidine rings is 1. The molecule has 0 saturated carbocycles. The van der Waals surface area contributed by atoms with E-state index in [1.165, 1.54) is 0 Å². The molecule has 2 N–H and O–H groups in total. The molecule has 2 aromatic rings. The third-order valence-corrected chi connectivity index (χ3v) is 5.44. The molecule has 0 bridgehead atoms. The smallest absolute Gasteiger partial charge is 0.258 e. The Labute approximate surface area is 172 Å². The van der Waals surface area contributed by atoms with Crippen LogP contribution in [0.5, 0.6) is 0 Å². The third-order valence-electron chi connectivity index (χ3n) is 5.20. The minimum atomic E-state index is -0.190.